The summed E-state index contributed by atoms with van der Waals surface area (Å²) in [6.07, 6.45) is 43.2. The van der Waals surface area contributed by atoms with E-state index in [9.17, 15) is 25.9 Å². The molecule has 4 aromatic carbocycles. The van der Waals surface area contributed by atoms with Crippen molar-refractivity contribution >= 4 is 90.7 Å². The smallest absolute Gasteiger partial charge is 0.744 e. The summed E-state index contributed by atoms with van der Waals surface area (Å²) >= 11 is 0. The summed E-state index contributed by atoms with van der Waals surface area (Å²) in [4.78, 5) is -0.0423. The Balaban J connectivity index is 0.000000467. The maximum atomic E-state index is 12.0. The van der Waals surface area contributed by atoms with Crippen LogP contribution in [0.5, 0.6) is 0 Å². The molecule has 0 aliphatic heterocycles. The average molecular weight is 1110 g/mol. The molecule has 0 spiro atoms. The third-order valence-corrected chi connectivity index (χ3v) is 15.9. The number of benzene rings is 4. The summed E-state index contributed by atoms with van der Waals surface area (Å²) in [7, 11) is -8.96. The summed E-state index contributed by atoms with van der Waals surface area (Å²) in [5, 5.41) is 3.97. The van der Waals surface area contributed by atoms with Crippen LogP contribution in [0.2, 0.25) is 0 Å². The molecule has 9 heteroatoms. The van der Waals surface area contributed by atoms with Crippen molar-refractivity contribution in [1.82, 2.24) is 0 Å². The molecule has 0 unspecified atom stereocenters. The predicted molar refractivity (Wildman–Crippen MR) is 295 cm³/mol. The molecule has 0 aliphatic carbocycles. The maximum absolute atomic E-state index is 12.0. The molecule has 69 heavy (non-hydrogen) atoms. The van der Waals surface area contributed by atoms with Gasteiger partial charge in [-0.3, -0.25) is 0 Å². The fraction of sp³-hybridized carbons (Fsp3) is 0.667. The minimum absolute atomic E-state index is 0. The van der Waals surface area contributed by atoms with Crippen LogP contribution in [0.4, 0.5) is 0 Å². The van der Waals surface area contributed by atoms with E-state index in [1.54, 1.807) is 12.1 Å². The Morgan fingerprint density at radius 2 is 0.551 bits per heavy atom. The van der Waals surface area contributed by atoms with Gasteiger partial charge in [-0.1, -0.05) is 244 Å². The number of hydrogen-bond donors (Lipinski definition) is 0. The zero-order valence-corrected chi connectivity index (χ0v) is 50.3. The van der Waals surface area contributed by atoms with E-state index in [-0.39, 0.29) is 58.7 Å². The van der Waals surface area contributed by atoms with E-state index < -0.39 is 20.2 Å². The molecule has 6 nitrogen and oxygen atoms in total. The molecule has 0 heterocycles. The van der Waals surface area contributed by atoms with Crippen molar-refractivity contribution < 1.29 is 25.9 Å². The normalized spacial score (nSPS) is 11.8. The fourth-order valence-corrected chi connectivity index (χ4v) is 11.4. The topological polar surface area (TPSA) is 114 Å². The Kier molecular flexibility index (Phi) is 35.5. The van der Waals surface area contributed by atoms with Crippen molar-refractivity contribution in [2.45, 2.75) is 269 Å². The third-order valence-electron chi connectivity index (χ3n) is 14.0. The zero-order chi connectivity index (χ0) is 49.3. The molecular formula is C60H94BaO6S2. The van der Waals surface area contributed by atoms with Gasteiger partial charge < -0.3 is 9.11 Å². The van der Waals surface area contributed by atoms with Crippen LogP contribution in [-0.2, 0) is 45.9 Å². The van der Waals surface area contributed by atoms with E-state index in [1.807, 2.05) is 36.4 Å². The Hall–Kier alpha value is -1.21. The van der Waals surface area contributed by atoms with E-state index >= 15 is 0 Å². The molecule has 0 amide bonds. The van der Waals surface area contributed by atoms with E-state index in [2.05, 4.69) is 39.8 Å². The molecule has 0 bridgehead atoms. The Morgan fingerprint density at radius 3 is 0.797 bits per heavy atom. The fourth-order valence-electron chi connectivity index (χ4n) is 9.92. The molecular weight excluding hydrogens is 1020 g/mol. The molecule has 0 saturated carbocycles. The Bertz CT molecular complexity index is 2030. The SMILES string of the molecule is CCCCCCCCCCc1cc2c(CCCCCCCCCC)cccc2cc1S(=O)(=O)[O-].CCCCCCCCCCc1cc2c(CCCCCCCCCC)cccc2cc1S(=O)(=O)[O-].[Ba+2]. The van der Waals surface area contributed by atoms with Crippen LogP contribution in [0.1, 0.15) is 255 Å². The van der Waals surface area contributed by atoms with Crippen LogP contribution in [0.3, 0.4) is 0 Å². The van der Waals surface area contributed by atoms with Crippen molar-refractivity contribution in [3.63, 3.8) is 0 Å². The van der Waals surface area contributed by atoms with E-state index in [0.29, 0.717) is 24.0 Å². The first-order valence-corrected chi connectivity index (χ1v) is 30.8. The minimum Gasteiger partial charge on any atom is -0.744 e. The molecule has 384 valence electrons. The molecule has 0 atom stereocenters. The molecule has 0 aliphatic rings. The minimum atomic E-state index is -4.48. The molecule has 0 fully saturated rings. The summed E-state index contributed by atoms with van der Waals surface area (Å²) in [6.45, 7) is 8.96. The van der Waals surface area contributed by atoms with Gasteiger partial charge in [-0.15, -0.1) is 0 Å². The van der Waals surface area contributed by atoms with Gasteiger partial charge in [0.15, 0.2) is 0 Å². The van der Waals surface area contributed by atoms with Gasteiger partial charge in [0.1, 0.15) is 20.2 Å². The van der Waals surface area contributed by atoms with Gasteiger partial charge in [-0.2, -0.15) is 0 Å². The predicted octanol–water partition coefficient (Wildman–Crippen LogP) is 17.8. The maximum Gasteiger partial charge on any atom is 2.00 e. The van der Waals surface area contributed by atoms with Crippen LogP contribution < -0.4 is 0 Å². The number of aryl methyl sites for hydroxylation is 4. The number of rotatable bonds is 38. The average Bonchev–Trinajstić information content (AvgIpc) is 3.31. The number of hydrogen-bond acceptors (Lipinski definition) is 6. The van der Waals surface area contributed by atoms with E-state index in [0.717, 1.165) is 72.9 Å². The summed E-state index contributed by atoms with van der Waals surface area (Å²) in [6, 6.07) is 19.4. The molecule has 0 radical (unpaired) electrons. The molecule has 4 aromatic rings. The number of fused-ring (bicyclic) bond motifs is 2. The van der Waals surface area contributed by atoms with Crippen LogP contribution in [-0.4, -0.2) is 74.8 Å². The van der Waals surface area contributed by atoms with Gasteiger partial charge in [0.05, 0.1) is 9.79 Å². The molecule has 0 N–H and O–H groups in total. The van der Waals surface area contributed by atoms with Gasteiger partial charge in [0.25, 0.3) is 0 Å². The van der Waals surface area contributed by atoms with Crippen molar-refractivity contribution in [3.8, 4) is 0 Å². The van der Waals surface area contributed by atoms with Crippen molar-refractivity contribution in [2.75, 3.05) is 0 Å². The largest absolute Gasteiger partial charge is 2.00 e. The molecule has 4 rings (SSSR count). The van der Waals surface area contributed by atoms with E-state index in [1.165, 1.54) is 178 Å². The first-order chi connectivity index (χ1) is 32.9. The monoisotopic (exact) mass is 1110 g/mol. The third kappa shape index (κ3) is 26.5. The second-order valence-electron chi connectivity index (χ2n) is 20.0. The first-order valence-electron chi connectivity index (χ1n) is 27.9. The van der Waals surface area contributed by atoms with Crippen LogP contribution in [0, 0.1) is 0 Å². The zero-order valence-electron chi connectivity index (χ0n) is 44.2. The van der Waals surface area contributed by atoms with Gasteiger partial charge in [0.2, 0.25) is 0 Å². The van der Waals surface area contributed by atoms with Crippen LogP contribution in [0.15, 0.2) is 70.5 Å². The Labute approximate surface area is 463 Å². The van der Waals surface area contributed by atoms with Crippen molar-refractivity contribution in [3.05, 3.63) is 82.9 Å². The van der Waals surface area contributed by atoms with E-state index in [4.69, 9.17) is 0 Å². The second-order valence-corrected chi connectivity index (χ2v) is 22.7. The van der Waals surface area contributed by atoms with Crippen LogP contribution in [0.25, 0.3) is 21.5 Å². The van der Waals surface area contributed by atoms with Gasteiger partial charge in [-0.05, 0) is 119 Å². The summed E-state index contributed by atoms with van der Waals surface area (Å²) < 4.78 is 72.0. The second kappa shape index (κ2) is 38.4. The van der Waals surface area contributed by atoms with Gasteiger partial charge in [-0.25, -0.2) is 16.8 Å². The quantitative estimate of drug-likeness (QED) is 0.0251. The first kappa shape index (κ1) is 63.9. The summed E-state index contributed by atoms with van der Waals surface area (Å²) in [5.41, 5.74) is 3.96. The van der Waals surface area contributed by atoms with Gasteiger partial charge in [0, 0.05) is 0 Å². The van der Waals surface area contributed by atoms with Crippen LogP contribution >= 0.6 is 0 Å². The molecule has 0 aromatic heterocycles. The number of unbranched alkanes of at least 4 members (excludes halogenated alkanes) is 28. The van der Waals surface area contributed by atoms with Gasteiger partial charge >= 0.3 is 48.9 Å². The van der Waals surface area contributed by atoms with Crippen molar-refractivity contribution in [2.24, 2.45) is 0 Å². The Morgan fingerprint density at radius 1 is 0.319 bits per heavy atom. The van der Waals surface area contributed by atoms with Crippen molar-refractivity contribution in [1.29, 1.82) is 0 Å². The standard InChI is InChI=1S/2C30H48O3S.Ba/c2*1-3-5-7-9-11-13-15-17-20-26-22-19-23-27-25-30(34(31,32)33)28(24-29(26)27)21-18-16-14-12-10-8-6-4-2;/h2*19,22-25H,3-18,20-21H2,1-2H3,(H,31,32,33);/q;;+2/p-2. The summed E-state index contributed by atoms with van der Waals surface area (Å²) in [5.74, 6) is 0. The molecule has 0 saturated heterocycles.